The first-order valence-corrected chi connectivity index (χ1v) is 0.901. The minimum Gasteiger partial charge on any atom is -0.419 e. The Kier molecular flexibility index (Phi) is 82.7. The molecule has 0 fully saturated rings. The van der Waals surface area contributed by atoms with Gasteiger partial charge in [-0.15, -0.1) is 0 Å². The molecular formula is C3H3AuInOSn. The van der Waals surface area contributed by atoms with Crippen molar-refractivity contribution in [2.24, 2.45) is 0 Å². The molecule has 0 aromatic rings. The van der Waals surface area contributed by atoms with Crippen molar-refractivity contribution in [1.82, 2.24) is 0 Å². The van der Waals surface area contributed by atoms with Gasteiger partial charge in [0.2, 0.25) is 0 Å². The average molecular weight is 486 g/mol. The number of hydrogen-bond acceptors (Lipinski definition) is 1. The SMILES string of the molecule is C=C[C-]=O.[Au+].[In].[Sn]. The summed E-state index contributed by atoms with van der Waals surface area (Å²) in [6.07, 6.45) is 2.51. The van der Waals surface area contributed by atoms with Gasteiger partial charge in [-0.25, -0.2) is 12.7 Å². The average Bonchev–Trinajstić information content (AvgIpc) is 1.37. The summed E-state index contributed by atoms with van der Waals surface area (Å²) in [5.74, 6) is 0. The van der Waals surface area contributed by atoms with Crippen molar-refractivity contribution >= 4 is 56.0 Å². The summed E-state index contributed by atoms with van der Waals surface area (Å²) >= 11 is 0. The van der Waals surface area contributed by atoms with E-state index in [9.17, 15) is 0 Å². The van der Waals surface area contributed by atoms with Gasteiger partial charge in [-0.3, -0.25) is 0 Å². The Labute approximate surface area is 94.6 Å². The molecule has 0 aliphatic carbocycles. The minimum absolute atomic E-state index is 0. The molecule has 7 heavy (non-hydrogen) atoms. The van der Waals surface area contributed by atoms with E-state index in [1.165, 1.54) is 6.29 Å². The molecule has 7 radical (unpaired) electrons. The fourth-order valence-electron chi connectivity index (χ4n) is 0. The van der Waals surface area contributed by atoms with Crippen LogP contribution in [0.2, 0.25) is 0 Å². The number of rotatable bonds is 1. The van der Waals surface area contributed by atoms with Crippen molar-refractivity contribution in [3.8, 4) is 0 Å². The van der Waals surface area contributed by atoms with Crippen LogP contribution in [0.1, 0.15) is 0 Å². The van der Waals surface area contributed by atoms with Crippen LogP contribution in [0.25, 0.3) is 0 Å². The first-order chi connectivity index (χ1) is 1.91. The van der Waals surface area contributed by atoms with E-state index < -0.39 is 0 Å². The third-order valence-corrected chi connectivity index (χ3v) is 0.0833. The first kappa shape index (κ1) is 23.2. The van der Waals surface area contributed by atoms with Crippen molar-refractivity contribution < 1.29 is 27.2 Å². The molecular weight excluding hydrogens is 483 g/mol. The topological polar surface area (TPSA) is 17.1 Å². The fraction of sp³-hybridized carbons (Fsp3) is 0. The standard InChI is InChI=1S/C3H3O.Au.In.Sn/c1-2-3-4;;;/h2H,1H2;;;/q-1;+1;;. The van der Waals surface area contributed by atoms with Crippen molar-refractivity contribution in [1.29, 1.82) is 0 Å². The largest absolute Gasteiger partial charge is 1.00 e. The summed E-state index contributed by atoms with van der Waals surface area (Å²) < 4.78 is 0. The maximum atomic E-state index is 8.93. The zero-order valence-electron chi connectivity index (χ0n) is 3.57. The molecule has 0 rings (SSSR count). The smallest absolute Gasteiger partial charge is 0.419 e. The molecule has 0 N–H and O–H groups in total. The third-order valence-electron chi connectivity index (χ3n) is 0.0833. The van der Waals surface area contributed by atoms with Crippen molar-refractivity contribution in [2.45, 2.75) is 0 Å². The summed E-state index contributed by atoms with van der Waals surface area (Å²) in [6.45, 7) is 3.06. The van der Waals surface area contributed by atoms with E-state index in [-0.39, 0.29) is 72.1 Å². The maximum absolute atomic E-state index is 8.93. The zero-order valence-corrected chi connectivity index (χ0v) is 11.9. The van der Waals surface area contributed by atoms with E-state index in [4.69, 9.17) is 4.79 Å². The Balaban J connectivity index is -0.0000000150. The Hall–Kier alpha value is 1.82. The quantitative estimate of drug-likeness (QED) is 0.279. The monoisotopic (exact) mass is 487 g/mol. The number of carbonyl (C=O) groups excluding carboxylic acids is 1. The molecule has 0 heterocycles. The van der Waals surface area contributed by atoms with Gasteiger partial charge in [0.15, 0.2) is 0 Å². The first-order valence-electron chi connectivity index (χ1n) is 0.901. The molecule has 0 unspecified atom stereocenters. The van der Waals surface area contributed by atoms with Gasteiger partial charge >= 0.3 is 22.4 Å². The van der Waals surface area contributed by atoms with Gasteiger partial charge in [0.05, 0.1) is 0 Å². The van der Waals surface area contributed by atoms with Gasteiger partial charge < -0.3 is 4.79 Å². The molecule has 4 heteroatoms. The Bertz CT molecular complexity index is 35.9. The van der Waals surface area contributed by atoms with Gasteiger partial charge in [-0.2, -0.15) is 0 Å². The van der Waals surface area contributed by atoms with Crippen LogP contribution in [0.4, 0.5) is 0 Å². The third kappa shape index (κ3) is 33.3. The van der Waals surface area contributed by atoms with E-state index in [1.54, 1.807) is 0 Å². The van der Waals surface area contributed by atoms with E-state index in [0.717, 1.165) is 6.08 Å². The summed E-state index contributed by atoms with van der Waals surface area (Å²) in [5.41, 5.74) is 0. The normalized spacial score (nSPS) is 2.86. The molecule has 1 nitrogen and oxygen atoms in total. The second-order valence-electron chi connectivity index (χ2n) is 0.322. The van der Waals surface area contributed by atoms with Crippen LogP contribution in [0, 0.1) is 0 Å². The molecule has 0 aromatic heterocycles. The van der Waals surface area contributed by atoms with Crippen LogP contribution in [0.3, 0.4) is 0 Å². The summed E-state index contributed by atoms with van der Waals surface area (Å²) in [4.78, 5) is 8.93. The summed E-state index contributed by atoms with van der Waals surface area (Å²) in [6, 6.07) is 0. The summed E-state index contributed by atoms with van der Waals surface area (Å²) in [7, 11) is 0. The van der Waals surface area contributed by atoms with Crippen LogP contribution in [0.5, 0.6) is 0 Å². The van der Waals surface area contributed by atoms with Crippen LogP contribution in [-0.4, -0.2) is 56.0 Å². The molecule has 0 aromatic carbocycles. The molecule has 0 amide bonds. The number of hydrogen-bond donors (Lipinski definition) is 0. The van der Waals surface area contributed by atoms with Crippen molar-refractivity contribution in [3.63, 3.8) is 0 Å². The fourth-order valence-corrected chi connectivity index (χ4v) is 0. The van der Waals surface area contributed by atoms with Crippen molar-refractivity contribution in [3.05, 3.63) is 12.7 Å². The Morgan fingerprint density at radius 2 is 1.71 bits per heavy atom. The molecule has 0 saturated carbocycles. The molecule has 0 aliphatic heterocycles. The van der Waals surface area contributed by atoms with Crippen LogP contribution in [-0.2, 0) is 27.2 Å². The van der Waals surface area contributed by atoms with E-state index in [1.807, 2.05) is 0 Å². The second-order valence-corrected chi connectivity index (χ2v) is 0.322. The molecule has 0 spiro atoms. The van der Waals surface area contributed by atoms with Crippen molar-refractivity contribution in [2.75, 3.05) is 0 Å². The maximum Gasteiger partial charge on any atom is 1.00 e. The van der Waals surface area contributed by atoms with E-state index in [2.05, 4.69) is 6.58 Å². The van der Waals surface area contributed by atoms with Gasteiger partial charge in [0.25, 0.3) is 0 Å². The Morgan fingerprint density at radius 1 is 1.57 bits per heavy atom. The predicted molar refractivity (Wildman–Crippen MR) is 27.4 cm³/mol. The van der Waals surface area contributed by atoms with E-state index in [0.29, 0.717) is 0 Å². The van der Waals surface area contributed by atoms with Crippen LogP contribution < -0.4 is 0 Å². The van der Waals surface area contributed by atoms with Gasteiger partial charge in [-0.05, 0) is 6.29 Å². The molecule has 0 atom stereocenters. The second kappa shape index (κ2) is 24.9. The zero-order chi connectivity index (χ0) is 3.41. The summed E-state index contributed by atoms with van der Waals surface area (Å²) in [5, 5.41) is 0. The molecule has 0 aliphatic rings. The molecule has 39 valence electrons. The van der Waals surface area contributed by atoms with E-state index >= 15 is 0 Å². The van der Waals surface area contributed by atoms with Crippen LogP contribution >= 0.6 is 0 Å². The minimum atomic E-state index is 0. The number of allylic oxidation sites excluding steroid dienone is 1. The van der Waals surface area contributed by atoms with Gasteiger partial charge in [0.1, 0.15) is 0 Å². The molecule has 0 saturated heterocycles. The van der Waals surface area contributed by atoms with Gasteiger partial charge in [0, 0.05) is 49.8 Å². The van der Waals surface area contributed by atoms with Gasteiger partial charge in [-0.1, -0.05) is 0 Å². The predicted octanol–water partition coefficient (Wildman–Crippen LogP) is -0.482. The van der Waals surface area contributed by atoms with Crippen LogP contribution in [0.15, 0.2) is 12.7 Å². The Morgan fingerprint density at radius 3 is 1.71 bits per heavy atom. The molecule has 0 bridgehead atoms.